The zero-order valence-corrected chi connectivity index (χ0v) is 6.71. The molecule has 0 aromatic rings. The number of piperidine rings is 1. The van der Waals surface area contributed by atoms with Crippen LogP contribution in [0.4, 0.5) is 0 Å². The van der Waals surface area contributed by atoms with E-state index in [1.165, 1.54) is 19.3 Å². The molecule has 1 heteroatoms. The van der Waals surface area contributed by atoms with E-state index in [-0.39, 0.29) is 0 Å². The lowest BCUT2D eigenvalue weighted by molar-refractivity contribution is 0.372. The quantitative estimate of drug-likeness (QED) is 0.518. The SMILES string of the molecule is CC=CCC1CC[N]CC1. The zero-order valence-electron chi connectivity index (χ0n) is 6.71. The Morgan fingerprint density at radius 1 is 1.40 bits per heavy atom. The number of allylic oxidation sites excluding steroid dienone is 2. The summed E-state index contributed by atoms with van der Waals surface area (Å²) in [5.41, 5.74) is 0. The summed E-state index contributed by atoms with van der Waals surface area (Å²) >= 11 is 0. The number of nitrogens with zero attached hydrogens (tertiary/aromatic N) is 1. The van der Waals surface area contributed by atoms with Crippen LogP contribution < -0.4 is 5.32 Å². The van der Waals surface area contributed by atoms with Crippen molar-refractivity contribution in [1.82, 2.24) is 5.32 Å². The minimum Gasteiger partial charge on any atom is -0.242 e. The molecular weight excluding hydrogens is 122 g/mol. The molecular formula is C9H16N. The van der Waals surface area contributed by atoms with Gasteiger partial charge in [0, 0.05) is 13.1 Å². The lowest BCUT2D eigenvalue weighted by atomic mass is 9.95. The minimum atomic E-state index is 0.925. The molecule has 1 heterocycles. The third-order valence-electron chi connectivity index (χ3n) is 2.10. The van der Waals surface area contributed by atoms with Crippen molar-refractivity contribution in [3.63, 3.8) is 0 Å². The average molecular weight is 138 g/mol. The Kier molecular flexibility index (Phi) is 3.52. The molecule has 0 atom stereocenters. The van der Waals surface area contributed by atoms with Gasteiger partial charge in [-0.2, -0.15) is 0 Å². The van der Waals surface area contributed by atoms with Gasteiger partial charge in [-0.15, -0.1) is 0 Å². The Labute approximate surface area is 63.5 Å². The van der Waals surface area contributed by atoms with Crippen LogP contribution in [0.5, 0.6) is 0 Å². The molecule has 0 spiro atoms. The predicted octanol–water partition coefficient (Wildman–Crippen LogP) is 1.97. The van der Waals surface area contributed by atoms with E-state index in [4.69, 9.17) is 0 Å². The molecule has 1 saturated heterocycles. The number of rotatable bonds is 2. The highest BCUT2D eigenvalue weighted by molar-refractivity contribution is 4.82. The predicted molar refractivity (Wildman–Crippen MR) is 44.0 cm³/mol. The van der Waals surface area contributed by atoms with Gasteiger partial charge in [-0.05, 0) is 32.1 Å². The van der Waals surface area contributed by atoms with Gasteiger partial charge in [0.25, 0.3) is 0 Å². The smallest absolute Gasteiger partial charge is 0.0136 e. The topological polar surface area (TPSA) is 14.1 Å². The Balaban J connectivity index is 2.13. The lowest BCUT2D eigenvalue weighted by Gasteiger charge is -2.19. The summed E-state index contributed by atoms with van der Waals surface area (Å²) in [6.45, 7) is 4.29. The van der Waals surface area contributed by atoms with Crippen LogP contribution in [0.15, 0.2) is 12.2 Å². The molecule has 1 nitrogen and oxygen atoms in total. The van der Waals surface area contributed by atoms with E-state index in [1.54, 1.807) is 0 Å². The van der Waals surface area contributed by atoms with Crippen molar-refractivity contribution in [3.05, 3.63) is 12.2 Å². The molecule has 0 aliphatic carbocycles. The van der Waals surface area contributed by atoms with Crippen LogP contribution >= 0.6 is 0 Å². The van der Waals surface area contributed by atoms with Crippen LogP contribution in [0.25, 0.3) is 0 Å². The van der Waals surface area contributed by atoms with Gasteiger partial charge in [0.05, 0.1) is 0 Å². The molecule has 0 bridgehead atoms. The highest BCUT2D eigenvalue weighted by Crippen LogP contribution is 2.16. The summed E-state index contributed by atoms with van der Waals surface area (Å²) in [4.78, 5) is 0. The van der Waals surface area contributed by atoms with Crippen molar-refractivity contribution in [2.24, 2.45) is 5.92 Å². The molecule has 1 aliphatic rings. The molecule has 1 rings (SSSR count). The van der Waals surface area contributed by atoms with Crippen LogP contribution in [0.2, 0.25) is 0 Å². The van der Waals surface area contributed by atoms with Crippen LogP contribution in [0, 0.1) is 5.92 Å². The number of hydrogen-bond acceptors (Lipinski definition) is 0. The van der Waals surface area contributed by atoms with Gasteiger partial charge in [0.2, 0.25) is 0 Å². The van der Waals surface area contributed by atoms with Crippen molar-refractivity contribution in [2.45, 2.75) is 26.2 Å². The van der Waals surface area contributed by atoms with Crippen molar-refractivity contribution < 1.29 is 0 Å². The summed E-state index contributed by atoms with van der Waals surface area (Å²) in [5.74, 6) is 0.925. The van der Waals surface area contributed by atoms with Crippen LogP contribution in [-0.2, 0) is 0 Å². The first kappa shape index (κ1) is 7.80. The minimum absolute atomic E-state index is 0.925. The van der Waals surface area contributed by atoms with Gasteiger partial charge >= 0.3 is 0 Å². The first-order chi connectivity index (χ1) is 4.93. The Bertz CT molecular complexity index is 101. The van der Waals surface area contributed by atoms with E-state index in [9.17, 15) is 0 Å². The number of hydrogen-bond donors (Lipinski definition) is 0. The highest BCUT2D eigenvalue weighted by Gasteiger charge is 2.10. The first-order valence-electron chi connectivity index (χ1n) is 4.18. The van der Waals surface area contributed by atoms with E-state index in [2.05, 4.69) is 24.4 Å². The summed E-state index contributed by atoms with van der Waals surface area (Å²) in [6, 6.07) is 0. The molecule has 0 saturated carbocycles. The summed E-state index contributed by atoms with van der Waals surface area (Å²) in [5, 5.41) is 4.31. The van der Waals surface area contributed by atoms with Crippen LogP contribution in [0.1, 0.15) is 26.2 Å². The van der Waals surface area contributed by atoms with E-state index in [1.807, 2.05) is 0 Å². The van der Waals surface area contributed by atoms with Crippen molar-refractivity contribution in [3.8, 4) is 0 Å². The van der Waals surface area contributed by atoms with E-state index >= 15 is 0 Å². The molecule has 0 N–H and O–H groups in total. The van der Waals surface area contributed by atoms with Crippen molar-refractivity contribution in [1.29, 1.82) is 0 Å². The van der Waals surface area contributed by atoms with Crippen LogP contribution in [0.3, 0.4) is 0 Å². The van der Waals surface area contributed by atoms with Crippen LogP contribution in [-0.4, -0.2) is 13.1 Å². The summed E-state index contributed by atoms with van der Waals surface area (Å²) < 4.78 is 0. The molecule has 10 heavy (non-hydrogen) atoms. The van der Waals surface area contributed by atoms with Gasteiger partial charge in [0.15, 0.2) is 0 Å². The first-order valence-corrected chi connectivity index (χ1v) is 4.18. The molecule has 1 aliphatic heterocycles. The van der Waals surface area contributed by atoms with E-state index < -0.39 is 0 Å². The third-order valence-corrected chi connectivity index (χ3v) is 2.10. The maximum absolute atomic E-state index is 4.31. The van der Waals surface area contributed by atoms with E-state index in [0.717, 1.165) is 19.0 Å². The van der Waals surface area contributed by atoms with Crippen molar-refractivity contribution in [2.75, 3.05) is 13.1 Å². The monoisotopic (exact) mass is 138 g/mol. The fraction of sp³-hybridized carbons (Fsp3) is 0.778. The lowest BCUT2D eigenvalue weighted by Crippen LogP contribution is -2.21. The molecule has 0 aromatic carbocycles. The molecule has 0 unspecified atom stereocenters. The Hall–Kier alpha value is -0.300. The van der Waals surface area contributed by atoms with Gasteiger partial charge < -0.3 is 0 Å². The van der Waals surface area contributed by atoms with Crippen molar-refractivity contribution >= 4 is 0 Å². The van der Waals surface area contributed by atoms with Gasteiger partial charge in [-0.3, -0.25) is 0 Å². The van der Waals surface area contributed by atoms with E-state index in [0.29, 0.717) is 0 Å². The normalized spacial score (nSPS) is 22.1. The zero-order chi connectivity index (χ0) is 7.23. The second-order valence-electron chi connectivity index (χ2n) is 2.92. The molecule has 1 radical (unpaired) electrons. The fourth-order valence-electron chi connectivity index (χ4n) is 1.37. The van der Waals surface area contributed by atoms with Gasteiger partial charge in [-0.1, -0.05) is 12.2 Å². The molecule has 1 fully saturated rings. The van der Waals surface area contributed by atoms with Gasteiger partial charge in [0.1, 0.15) is 0 Å². The molecule has 0 amide bonds. The third kappa shape index (κ3) is 2.53. The second-order valence-corrected chi connectivity index (χ2v) is 2.92. The second kappa shape index (κ2) is 4.51. The summed E-state index contributed by atoms with van der Waals surface area (Å²) in [6.07, 6.45) is 8.31. The summed E-state index contributed by atoms with van der Waals surface area (Å²) in [7, 11) is 0. The van der Waals surface area contributed by atoms with Gasteiger partial charge in [-0.25, -0.2) is 5.32 Å². The molecule has 0 aromatic heterocycles. The maximum atomic E-state index is 4.31. The maximum Gasteiger partial charge on any atom is 0.0136 e. The fourth-order valence-corrected chi connectivity index (χ4v) is 1.37. The standard InChI is InChI=1S/C9H16N/c1-2-3-4-9-5-7-10-8-6-9/h2-3,9H,4-8H2,1H3. The molecule has 57 valence electrons. The average Bonchev–Trinajstić information content (AvgIpc) is 2.03. The largest absolute Gasteiger partial charge is 0.242 e. The Morgan fingerprint density at radius 2 is 2.10 bits per heavy atom. The Morgan fingerprint density at radius 3 is 2.70 bits per heavy atom. The highest BCUT2D eigenvalue weighted by atomic mass is 14.9.